The lowest BCUT2D eigenvalue weighted by molar-refractivity contribution is -0.168. The van der Waals surface area contributed by atoms with E-state index in [2.05, 4.69) is 14.7 Å². The summed E-state index contributed by atoms with van der Waals surface area (Å²) in [5.41, 5.74) is 7.72. The maximum absolute atomic E-state index is 12.6. The van der Waals surface area contributed by atoms with Gasteiger partial charge < -0.3 is 10.5 Å². The first kappa shape index (κ1) is 16.8. The Kier molecular flexibility index (Phi) is 5.82. The predicted octanol–water partition coefficient (Wildman–Crippen LogP) is 2.01. The van der Waals surface area contributed by atoms with Crippen LogP contribution in [0.2, 0.25) is 0 Å². The van der Waals surface area contributed by atoms with Crippen molar-refractivity contribution in [1.82, 2.24) is 9.97 Å². The van der Waals surface area contributed by atoms with Crippen molar-refractivity contribution in [3.63, 3.8) is 0 Å². The van der Waals surface area contributed by atoms with Gasteiger partial charge >= 0.3 is 12.3 Å². The second-order valence-electron chi connectivity index (χ2n) is 4.38. The third-order valence-electron chi connectivity index (χ3n) is 2.71. The van der Waals surface area contributed by atoms with Gasteiger partial charge in [-0.2, -0.15) is 8.78 Å². The van der Waals surface area contributed by atoms with Gasteiger partial charge in [0.25, 0.3) is 0 Å². The molecule has 0 unspecified atom stereocenters. The number of ether oxygens (including phenoxy) is 1. The van der Waals surface area contributed by atoms with Crippen LogP contribution in [0.15, 0.2) is 0 Å². The second kappa shape index (κ2) is 6.94. The van der Waals surface area contributed by atoms with Crippen LogP contribution in [0, 0.1) is 13.8 Å². The molecule has 8 heteroatoms. The van der Waals surface area contributed by atoms with Gasteiger partial charge in [-0.05, 0) is 32.4 Å². The van der Waals surface area contributed by atoms with E-state index in [9.17, 15) is 17.6 Å². The number of nitrogens with two attached hydrogens (primary N) is 1. The highest BCUT2D eigenvalue weighted by Crippen LogP contribution is 2.23. The number of halogens is 4. The summed E-state index contributed by atoms with van der Waals surface area (Å²) in [6.07, 6.45) is -3.14. The zero-order valence-corrected chi connectivity index (χ0v) is 11.3. The standard InChI is InChI=1S/C12H17F4N3O/c1-7-9(3-4-17)8(2)19-10(18-7)5-20-6-12(15,16)11(13)14/h11H,3-6,17H2,1-2H3. The molecule has 0 saturated carbocycles. The maximum Gasteiger partial charge on any atom is 0.330 e. The molecule has 0 atom stereocenters. The fourth-order valence-electron chi connectivity index (χ4n) is 1.72. The van der Waals surface area contributed by atoms with E-state index in [1.807, 2.05) is 0 Å². The molecule has 0 aliphatic heterocycles. The van der Waals surface area contributed by atoms with Crippen molar-refractivity contribution in [3.8, 4) is 0 Å². The van der Waals surface area contributed by atoms with Crippen molar-refractivity contribution in [3.05, 3.63) is 22.8 Å². The number of hydrogen-bond donors (Lipinski definition) is 1. The zero-order valence-electron chi connectivity index (χ0n) is 11.3. The van der Waals surface area contributed by atoms with Gasteiger partial charge in [0, 0.05) is 11.4 Å². The smallest absolute Gasteiger partial charge is 0.330 e. The lowest BCUT2D eigenvalue weighted by atomic mass is 10.1. The van der Waals surface area contributed by atoms with E-state index in [4.69, 9.17) is 5.73 Å². The third kappa shape index (κ3) is 4.38. The van der Waals surface area contributed by atoms with E-state index >= 15 is 0 Å². The van der Waals surface area contributed by atoms with Crippen LogP contribution in [0.5, 0.6) is 0 Å². The number of nitrogens with zero attached hydrogens (tertiary/aromatic N) is 2. The minimum Gasteiger partial charge on any atom is -0.367 e. The summed E-state index contributed by atoms with van der Waals surface area (Å²) in [5, 5.41) is 0. The molecule has 1 heterocycles. The fraction of sp³-hybridized carbons (Fsp3) is 0.667. The Labute approximate surface area is 114 Å². The van der Waals surface area contributed by atoms with Crippen LogP contribution in [0.3, 0.4) is 0 Å². The maximum atomic E-state index is 12.6. The molecule has 0 fully saturated rings. The van der Waals surface area contributed by atoms with E-state index in [0.29, 0.717) is 24.4 Å². The number of hydrogen-bond acceptors (Lipinski definition) is 4. The van der Waals surface area contributed by atoms with E-state index in [-0.39, 0.29) is 12.4 Å². The summed E-state index contributed by atoms with van der Waals surface area (Å²) in [4.78, 5) is 8.19. The second-order valence-corrected chi connectivity index (χ2v) is 4.38. The monoisotopic (exact) mass is 295 g/mol. The van der Waals surface area contributed by atoms with Crippen LogP contribution in [0.4, 0.5) is 17.6 Å². The van der Waals surface area contributed by atoms with Gasteiger partial charge in [0.15, 0.2) is 5.82 Å². The molecular weight excluding hydrogens is 278 g/mol. The summed E-state index contributed by atoms with van der Waals surface area (Å²) in [6.45, 7) is 2.24. The van der Waals surface area contributed by atoms with Crippen LogP contribution in [-0.4, -0.2) is 35.5 Å². The van der Waals surface area contributed by atoms with Crippen LogP contribution in [0.25, 0.3) is 0 Å². The van der Waals surface area contributed by atoms with Crippen molar-refractivity contribution >= 4 is 0 Å². The SMILES string of the molecule is Cc1nc(COCC(F)(F)C(F)F)nc(C)c1CCN. The highest BCUT2D eigenvalue weighted by molar-refractivity contribution is 5.24. The Hall–Kier alpha value is -1.28. The van der Waals surface area contributed by atoms with Crippen molar-refractivity contribution in [2.75, 3.05) is 13.2 Å². The Morgan fingerprint density at radius 2 is 1.75 bits per heavy atom. The van der Waals surface area contributed by atoms with E-state index in [0.717, 1.165) is 5.56 Å². The van der Waals surface area contributed by atoms with Gasteiger partial charge in [-0.25, -0.2) is 18.7 Å². The molecule has 2 N–H and O–H groups in total. The zero-order chi connectivity index (χ0) is 15.3. The van der Waals surface area contributed by atoms with Crippen LogP contribution < -0.4 is 5.73 Å². The molecule has 4 nitrogen and oxygen atoms in total. The van der Waals surface area contributed by atoms with Gasteiger partial charge in [-0.3, -0.25) is 0 Å². The third-order valence-corrected chi connectivity index (χ3v) is 2.71. The molecule has 1 aromatic rings. The molecule has 0 bridgehead atoms. The summed E-state index contributed by atoms with van der Waals surface area (Å²) in [7, 11) is 0. The van der Waals surface area contributed by atoms with Crippen molar-refractivity contribution in [1.29, 1.82) is 0 Å². The summed E-state index contributed by atoms with van der Waals surface area (Å²) in [5.74, 6) is -3.98. The van der Waals surface area contributed by atoms with Gasteiger partial charge in [0.05, 0.1) is 0 Å². The molecule has 1 rings (SSSR count). The highest BCUT2D eigenvalue weighted by Gasteiger charge is 2.41. The number of rotatable bonds is 7. The fourth-order valence-corrected chi connectivity index (χ4v) is 1.72. The number of alkyl halides is 4. The first-order chi connectivity index (χ1) is 9.27. The average Bonchev–Trinajstić information content (AvgIpc) is 2.33. The molecule has 114 valence electrons. The van der Waals surface area contributed by atoms with Gasteiger partial charge in [-0.1, -0.05) is 0 Å². The average molecular weight is 295 g/mol. The molecule has 0 spiro atoms. The molecule has 1 aromatic heterocycles. The lowest BCUT2D eigenvalue weighted by Crippen LogP contribution is -2.32. The number of aryl methyl sites for hydroxylation is 2. The quantitative estimate of drug-likeness (QED) is 0.782. The minimum atomic E-state index is -4.16. The van der Waals surface area contributed by atoms with Gasteiger partial charge in [-0.15, -0.1) is 0 Å². The molecule has 0 aliphatic rings. The van der Waals surface area contributed by atoms with Gasteiger partial charge in [0.1, 0.15) is 13.2 Å². The first-order valence-electron chi connectivity index (χ1n) is 6.04. The summed E-state index contributed by atoms with van der Waals surface area (Å²) < 4.78 is 53.7. The lowest BCUT2D eigenvalue weighted by Gasteiger charge is -2.15. The molecule has 20 heavy (non-hydrogen) atoms. The number of aromatic nitrogens is 2. The summed E-state index contributed by atoms with van der Waals surface area (Å²) >= 11 is 0. The van der Waals surface area contributed by atoms with Crippen molar-refractivity contribution < 1.29 is 22.3 Å². The summed E-state index contributed by atoms with van der Waals surface area (Å²) in [6, 6.07) is 0. The molecule has 0 saturated heterocycles. The van der Waals surface area contributed by atoms with E-state index in [1.54, 1.807) is 13.8 Å². The molecule has 0 aromatic carbocycles. The van der Waals surface area contributed by atoms with Crippen molar-refractivity contribution in [2.45, 2.75) is 39.2 Å². The topological polar surface area (TPSA) is 61.0 Å². The van der Waals surface area contributed by atoms with Crippen molar-refractivity contribution in [2.24, 2.45) is 5.73 Å². The minimum absolute atomic E-state index is 0.186. The van der Waals surface area contributed by atoms with Crippen LogP contribution >= 0.6 is 0 Å². The Morgan fingerprint density at radius 1 is 1.20 bits per heavy atom. The highest BCUT2D eigenvalue weighted by atomic mass is 19.3. The largest absolute Gasteiger partial charge is 0.367 e. The Balaban J connectivity index is 2.66. The predicted molar refractivity (Wildman–Crippen MR) is 64.9 cm³/mol. The first-order valence-corrected chi connectivity index (χ1v) is 6.04. The van der Waals surface area contributed by atoms with Crippen LogP contribution in [0.1, 0.15) is 22.8 Å². The molecule has 0 radical (unpaired) electrons. The van der Waals surface area contributed by atoms with Gasteiger partial charge in [0.2, 0.25) is 0 Å². The molecule has 0 aliphatic carbocycles. The molecule has 0 amide bonds. The molecular formula is C12H17F4N3O. The van der Waals surface area contributed by atoms with Crippen LogP contribution in [-0.2, 0) is 17.8 Å². The Morgan fingerprint density at radius 3 is 2.20 bits per heavy atom. The normalized spacial score (nSPS) is 12.2. The Bertz CT molecular complexity index is 431. The van der Waals surface area contributed by atoms with E-state index in [1.165, 1.54) is 0 Å². The van der Waals surface area contributed by atoms with E-state index < -0.39 is 19.0 Å².